The monoisotopic (exact) mass is 471 g/mol. The first-order valence-electron chi connectivity index (χ1n) is 9.91. The maximum absolute atomic E-state index is 13.2. The Morgan fingerprint density at radius 2 is 1.83 bits per heavy atom. The third kappa shape index (κ3) is 5.78. The van der Waals surface area contributed by atoms with Crippen molar-refractivity contribution >= 4 is 57.9 Å². The molecule has 0 aliphatic carbocycles. The fourth-order valence-electron chi connectivity index (χ4n) is 3.41. The van der Waals surface area contributed by atoms with Crippen LogP contribution < -0.4 is 11.1 Å². The van der Waals surface area contributed by atoms with E-state index >= 15 is 0 Å². The van der Waals surface area contributed by atoms with Gasteiger partial charge in [-0.15, -0.1) is 0 Å². The first-order valence-corrected chi connectivity index (χ1v) is 11.1. The summed E-state index contributed by atoms with van der Waals surface area (Å²) in [6, 6.07) is 2.95. The van der Waals surface area contributed by atoms with E-state index in [2.05, 4.69) is 5.32 Å². The summed E-state index contributed by atoms with van der Waals surface area (Å²) < 4.78 is 0. The molecule has 0 saturated carbocycles. The number of amides is 2. The summed E-state index contributed by atoms with van der Waals surface area (Å²) in [7, 11) is 0. The molecule has 30 heavy (non-hydrogen) atoms. The standard InChI is InChI=1S/C21H27Cl2N3O3S/c1-11(2)18(25-20(28)12(3)24)21(29)26-9-5-8-16(26)19(27)17(30)10-13-14(22)6-4-7-15(13)23/h4,6-7,11-12,16,18H,5,8-10,24H2,1-3H3,(H,25,28)/t12-,16-,18-/m0/s1. The molecule has 0 spiro atoms. The molecule has 9 heteroatoms. The lowest BCUT2D eigenvalue weighted by Crippen LogP contribution is -2.56. The second kappa shape index (κ2) is 10.7. The highest BCUT2D eigenvalue weighted by Crippen LogP contribution is 2.27. The Morgan fingerprint density at radius 3 is 2.37 bits per heavy atom. The Balaban J connectivity index is 2.16. The van der Waals surface area contributed by atoms with Crippen LogP contribution in [0, 0.1) is 5.92 Å². The van der Waals surface area contributed by atoms with Crippen LogP contribution in [-0.2, 0) is 20.8 Å². The number of thiocarbonyl (C=S) groups is 1. The van der Waals surface area contributed by atoms with Crippen LogP contribution >= 0.6 is 35.4 Å². The number of likely N-dealkylation sites (tertiary alicyclic amines) is 1. The first-order chi connectivity index (χ1) is 14.0. The number of nitrogens with two attached hydrogens (primary N) is 1. The Morgan fingerprint density at radius 1 is 1.23 bits per heavy atom. The van der Waals surface area contributed by atoms with Gasteiger partial charge < -0.3 is 16.0 Å². The number of ketones is 1. The lowest BCUT2D eigenvalue weighted by molar-refractivity contribution is -0.140. The summed E-state index contributed by atoms with van der Waals surface area (Å²) in [4.78, 5) is 40.0. The summed E-state index contributed by atoms with van der Waals surface area (Å²) in [6.45, 7) is 5.65. The zero-order chi connectivity index (χ0) is 22.6. The molecule has 1 aliphatic rings. The van der Waals surface area contributed by atoms with Gasteiger partial charge in [-0.05, 0) is 43.4 Å². The molecule has 3 N–H and O–H groups in total. The van der Waals surface area contributed by atoms with E-state index in [1.165, 1.54) is 4.90 Å². The second-order valence-electron chi connectivity index (χ2n) is 7.87. The van der Waals surface area contributed by atoms with Crippen LogP contribution in [0.3, 0.4) is 0 Å². The van der Waals surface area contributed by atoms with E-state index in [0.29, 0.717) is 35.0 Å². The number of benzene rings is 1. The molecule has 1 aromatic rings. The van der Waals surface area contributed by atoms with Crippen molar-refractivity contribution in [3.63, 3.8) is 0 Å². The van der Waals surface area contributed by atoms with E-state index in [1.807, 2.05) is 13.8 Å². The number of halogens is 2. The molecule has 1 heterocycles. The molecular weight excluding hydrogens is 445 g/mol. The lowest BCUT2D eigenvalue weighted by Gasteiger charge is -2.31. The smallest absolute Gasteiger partial charge is 0.246 e. The van der Waals surface area contributed by atoms with Crippen LogP contribution in [0.1, 0.15) is 39.2 Å². The highest BCUT2D eigenvalue weighted by atomic mass is 35.5. The van der Waals surface area contributed by atoms with Crippen molar-refractivity contribution in [2.75, 3.05) is 6.54 Å². The molecule has 0 unspecified atom stereocenters. The second-order valence-corrected chi connectivity index (χ2v) is 9.18. The normalized spacial score (nSPS) is 18.2. The van der Waals surface area contributed by atoms with Crippen molar-refractivity contribution in [3.8, 4) is 0 Å². The fourth-order valence-corrected chi connectivity index (χ4v) is 4.23. The van der Waals surface area contributed by atoms with Gasteiger partial charge >= 0.3 is 0 Å². The van der Waals surface area contributed by atoms with E-state index < -0.39 is 24.0 Å². The summed E-state index contributed by atoms with van der Waals surface area (Å²) in [6.07, 6.45) is 1.34. The number of rotatable bonds is 8. The minimum atomic E-state index is -0.761. The van der Waals surface area contributed by atoms with E-state index in [9.17, 15) is 14.4 Å². The SMILES string of the molecule is CC(C)[C@H](NC(=O)[C@H](C)N)C(=O)N1CCC[C@H]1C(=O)C(=S)Cc1c(Cl)cccc1Cl. The lowest BCUT2D eigenvalue weighted by atomic mass is 9.99. The predicted molar refractivity (Wildman–Crippen MR) is 123 cm³/mol. The molecule has 1 saturated heterocycles. The fraction of sp³-hybridized carbons (Fsp3) is 0.524. The average molecular weight is 472 g/mol. The highest BCUT2D eigenvalue weighted by Gasteiger charge is 2.39. The topological polar surface area (TPSA) is 92.5 Å². The Kier molecular flexibility index (Phi) is 8.79. The molecule has 3 atom stereocenters. The van der Waals surface area contributed by atoms with E-state index in [0.717, 1.165) is 0 Å². The van der Waals surface area contributed by atoms with Crippen molar-refractivity contribution in [2.24, 2.45) is 11.7 Å². The Bertz CT molecular complexity index is 825. The average Bonchev–Trinajstić information content (AvgIpc) is 3.16. The number of carbonyl (C=O) groups is 3. The Labute approximate surface area is 192 Å². The van der Waals surface area contributed by atoms with E-state index in [4.69, 9.17) is 41.2 Å². The molecule has 0 aromatic heterocycles. The number of nitrogens with zero attached hydrogens (tertiary/aromatic N) is 1. The minimum absolute atomic E-state index is 0.139. The molecule has 164 valence electrons. The van der Waals surface area contributed by atoms with Crippen LogP contribution in [0.4, 0.5) is 0 Å². The van der Waals surface area contributed by atoms with Gasteiger partial charge in [0.1, 0.15) is 6.04 Å². The predicted octanol–water partition coefficient (Wildman–Crippen LogP) is 2.95. The molecular formula is C21H27Cl2N3O3S. The van der Waals surface area contributed by atoms with Crippen molar-refractivity contribution in [1.29, 1.82) is 0 Å². The van der Waals surface area contributed by atoms with Crippen LogP contribution in [0.15, 0.2) is 18.2 Å². The van der Waals surface area contributed by atoms with Gasteiger partial charge in [-0.3, -0.25) is 14.4 Å². The van der Waals surface area contributed by atoms with Gasteiger partial charge in [0, 0.05) is 23.0 Å². The van der Waals surface area contributed by atoms with Crippen LogP contribution in [-0.4, -0.2) is 52.0 Å². The van der Waals surface area contributed by atoms with Crippen LogP contribution in [0.25, 0.3) is 0 Å². The molecule has 2 rings (SSSR count). The summed E-state index contributed by atoms with van der Waals surface area (Å²) in [5.41, 5.74) is 6.22. The molecule has 0 bridgehead atoms. The molecule has 1 aliphatic heterocycles. The number of nitrogens with one attached hydrogen (secondary N) is 1. The number of hydrogen-bond donors (Lipinski definition) is 2. The Hall–Kier alpha value is -1.54. The third-order valence-corrected chi connectivity index (χ3v) is 6.21. The first kappa shape index (κ1) is 24.7. The minimum Gasteiger partial charge on any atom is -0.343 e. The van der Waals surface area contributed by atoms with Crippen molar-refractivity contribution in [1.82, 2.24) is 10.2 Å². The van der Waals surface area contributed by atoms with Gasteiger partial charge in [0.15, 0.2) is 5.78 Å². The van der Waals surface area contributed by atoms with Crippen molar-refractivity contribution in [3.05, 3.63) is 33.8 Å². The van der Waals surface area contributed by atoms with Gasteiger partial charge in [0.25, 0.3) is 0 Å². The molecule has 0 radical (unpaired) electrons. The highest BCUT2D eigenvalue weighted by molar-refractivity contribution is 7.82. The summed E-state index contributed by atoms with van der Waals surface area (Å²) in [5, 5.41) is 3.58. The van der Waals surface area contributed by atoms with Crippen LogP contribution in [0.5, 0.6) is 0 Å². The quantitative estimate of drug-likeness (QED) is 0.568. The van der Waals surface area contributed by atoms with Gasteiger partial charge in [0.05, 0.1) is 16.9 Å². The maximum Gasteiger partial charge on any atom is 0.246 e. The zero-order valence-electron chi connectivity index (χ0n) is 17.3. The van der Waals surface area contributed by atoms with Gasteiger partial charge in [-0.25, -0.2) is 0 Å². The summed E-state index contributed by atoms with van der Waals surface area (Å²) >= 11 is 17.8. The molecule has 1 fully saturated rings. The number of carbonyl (C=O) groups excluding carboxylic acids is 3. The number of Topliss-reactive ketones (excluding diaryl/α,β-unsaturated/α-hetero) is 1. The van der Waals surface area contributed by atoms with Gasteiger partial charge in [-0.2, -0.15) is 0 Å². The van der Waals surface area contributed by atoms with E-state index in [1.54, 1.807) is 25.1 Å². The molecule has 1 aromatic carbocycles. The number of hydrogen-bond acceptors (Lipinski definition) is 5. The third-order valence-electron chi connectivity index (χ3n) is 5.16. The summed E-state index contributed by atoms with van der Waals surface area (Å²) in [5.74, 6) is -1.15. The largest absolute Gasteiger partial charge is 0.343 e. The molecule has 2 amide bonds. The maximum atomic E-state index is 13.2. The van der Waals surface area contributed by atoms with E-state index in [-0.39, 0.29) is 28.9 Å². The van der Waals surface area contributed by atoms with Crippen molar-refractivity contribution in [2.45, 2.75) is 58.2 Å². The van der Waals surface area contributed by atoms with Gasteiger partial charge in [-0.1, -0.05) is 55.3 Å². The van der Waals surface area contributed by atoms with Crippen molar-refractivity contribution < 1.29 is 14.4 Å². The van der Waals surface area contributed by atoms with Gasteiger partial charge in [0.2, 0.25) is 11.8 Å². The van der Waals surface area contributed by atoms with Crippen LogP contribution in [0.2, 0.25) is 10.0 Å². The molecule has 6 nitrogen and oxygen atoms in total. The zero-order valence-corrected chi connectivity index (χ0v) is 19.6.